The Kier molecular flexibility index (Phi) is 8.43. The Hall–Kier alpha value is -3.90. The molecule has 5 heterocycles. The number of carbonyl (C=O) groups is 1. The molecule has 1 saturated heterocycles. The maximum Gasteiger partial charge on any atom is 0.246 e. The van der Waals surface area contributed by atoms with E-state index in [0.29, 0.717) is 38.5 Å². The van der Waals surface area contributed by atoms with Crippen LogP contribution in [0.2, 0.25) is 0 Å². The highest BCUT2D eigenvalue weighted by atomic mass is 32.1. The summed E-state index contributed by atoms with van der Waals surface area (Å²) in [6.45, 7) is 7.89. The van der Waals surface area contributed by atoms with E-state index < -0.39 is 0 Å². The molecule has 0 bridgehead atoms. The van der Waals surface area contributed by atoms with Crippen LogP contribution in [-0.2, 0) is 22.5 Å². The van der Waals surface area contributed by atoms with Crippen molar-refractivity contribution in [3.05, 3.63) is 76.7 Å². The van der Waals surface area contributed by atoms with E-state index in [0.717, 1.165) is 56.6 Å². The summed E-state index contributed by atoms with van der Waals surface area (Å²) in [5.41, 5.74) is 4.05. The maximum atomic E-state index is 13.0. The van der Waals surface area contributed by atoms with Gasteiger partial charge in [0.15, 0.2) is 0 Å². The number of nitrogens with zero attached hydrogens (tertiary/aromatic N) is 5. The van der Waals surface area contributed by atoms with E-state index in [9.17, 15) is 9.90 Å². The van der Waals surface area contributed by atoms with Gasteiger partial charge in [-0.2, -0.15) is 0 Å². The number of benzene rings is 1. The normalized spacial score (nSPS) is 17.5. The lowest BCUT2D eigenvalue weighted by Gasteiger charge is -2.31. The summed E-state index contributed by atoms with van der Waals surface area (Å²) >= 11 is 1.62. The van der Waals surface area contributed by atoms with Crippen molar-refractivity contribution in [2.24, 2.45) is 0 Å². The van der Waals surface area contributed by atoms with Crippen molar-refractivity contribution < 1.29 is 19.4 Å². The van der Waals surface area contributed by atoms with Crippen LogP contribution in [0.25, 0.3) is 10.2 Å². The standard InChI is InChI=1S/C31H34N6O4S/c1-20-14-22(6-8-26(20)41-23-7-5-21(2)32-15-23)35-30-29-25-9-11-37(17-27(25)42-31(29)34-19-33-30)28(39)4-3-10-36-12-13-40-24(16-36)18-38/h3-8,14-15,19,24,38H,9-13,16-18H2,1-2H3,(H,33,34,35)/b4-3+/t24-/m0/s1. The van der Waals surface area contributed by atoms with Crippen molar-refractivity contribution in [1.82, 2.24) is 24.8 Å². The molecule has 4 aromatic rings. The number of hydrogen-bond acceptors (Lipinski definition) is 10. The number of anilines is 2. The Morgan fingerprint density at radius 3 is 2.93 bits per heavy atom. The van der Waals surface area contributed by atoms with Gasteiger partial charge in [-0.25, -0.2) is 9.97 Å². The van der Waals surface area contributed by atoms with Gasteiger partial charge in [-0.3, -0.25) is 14.7 Å². The average molecular weight is 587 g/mol. The predicted octanol–water partition coefficient (Wildman–Crippen LogP) is 4.37. The molecule has 1 atom stereocenters. The van der Waals surface area contributed by atoms with E-state index in [-0.39, 0.29) is 18.6 Å². The minimum Gasteiger partial charge on any atom is -0.455 e. The van der Waals surface area contributed by atoms with Crippen molar-refractivity contribution in [2.45, 2.75) is 32.9 Å². The van der Waals surface area contributed by atoms with Crippen molar-refractivity contribution in [1.29, 1.82) is 0 Å². The number of carbonyl (C=O) groups excluding carboxylic acids is 1. The smallest absolute Gasteiger partial charge is 0.246 e. The zero-order valence-electron chi connectivity index (χ0n) is 23.7. The number of aromatic nitrogens is 3. The summed E-state index contributed by atoms with van der Waals surface area (Å²) in [6.07, 6.45) is 7.47. The molecule has 0 spiro atoms. The van der Waals surface area contributed by atoms with Gasteiger partial charge >= 0.3 is 0 Å². The Bertz CT molecular complexity index is 1610. The van der Waals surface area contributed by atoms with Crippen LogP contribution >= 0.6 is 11.3 Å². The highest BCUT2D eigenvalue weighted by Gasteiger charge is 2.26. The van der Waals surface area contributed by atoms with Gasteiger partial charge in [0.25, 0.3) is 0 Å². The molecule has 2 aliphatic rings. The molecule has 2 aliphatic heterocycles. The molecule has 1 aromatic carbocycles. The number of thiophene rings is 1. The molecule has 0 aliphatic carbocycles. The lowest BCUT2D eigenvalue weighted by atomic mass is 10.0. The lowest BCUT2D eigenvalue weighted by Crippen LogP contribution is -2.44. The molecule has 1 amide bonds. The van der Waals surface area contributed by atoms with Crippen molar-refractivity contribution in [3.63, 3.8) is 0 Å². The zero-order valence-corrected chi connectivity index (χ0v) is 24.6. The summed E-state index contributed by atoms with van der Waals surface area (Å²) in [7, 11) is 0. The van der Waals surface area contributed by atoms with E-state index in [1.165, 1.54) is 5.56 Å². The molecule has 0 unspecified atom stereocenters. The number of amides is 1. The molecule has 10 nitrogen and oxygen atoms in total. The summed E-state index contributed by atoms with van der Waals surface area (Å²) in [4.78, 5) is 32.6. The Balaban J connectivity index is 1.13. The number of ether oxygens (including phenoxy) is 2. The number of pyridine rings is 1. The minimum atomic E-state index is -0.155. The third kappa shape index (κ3) is 6.29. The van der Waals surface area contributed by atoms with Crippen LogP contribution in [0.5, 0.6) is 11.5 Å². The number of morpholine rings is 1. The highest BCUT2D eigenvalue weighted by molar-refractivity contribution is 7.19. The van der Waals surface area contributed by atoms with Crippen molar-refractivity contribution in [3.8, 4) is 11.5 Å². The summed E-state index contributed by atoms with van der Waals surface area (Å²) in [6, 6.07) is 9.80. The molecule has 2 N–H and O–H groups in total. The number of aliphatic hydroxyl groups is 1. The summed E-state index contributed by atoms with van der Waals surface area (Å²) in [5, 5.41) is 13.9. The molecular weight excluding hydrogens is 552 g/mol. The van der Waals surface area contributed by atoms with E-state index >= 15 is 0 Å². The molecule has 0 radical (unpaired) electrons. The quantitative estimate of drug-likeness (QED) is 0.291. The number of fused-ring (bicyclic) bond motifs is 3. The van der Waals surface area contributed by atoms with Crippen LogP contribution in [0.1, 0.15) is 21.7 Å². The molecule has 6 rings (SSSR count). The fraction of sp³-hybridized carbons (Fsp3) is 0.355. The molecule has 42 heavy (non-hydrogen) atoms. The minimum absolute atomic E-state index is 0.00806. The second kappa shape index (κ2) is 12.5. The van der Waals surface area contributed by atoms with Gasteiger partial charge < -0.3 is 24.8 Å². The molecular formula is C31H34N6O4S. The van der Waals surface area contributed by atoms with E-state index in [4.69, 9.17) is 9.47 Å². The topological polar surface area (TPSA) is 113 Å². The first-order chi connectivity index (χ1) is 20.5. The van der Waals surface area contributed by atoms with Crippen molar-refractivity contribution in [2.75, 3.05) is 44.7 Å². The first-order valence-electron chi connectivity index (χ1n) is 14.1. The molecule has 3 aromatic heterocycles. The molecule has 11 heteroatoms. The molecule has 1 fully saturated rings. The van der Waals surface area contributed by atoms with Gasteiger partial charge in [-0.1, -0.05) is 6.08 Å². The first-order valence-corrected chi connectivity index (χ1v) is 14.9. The number of hydrogen-bond donors (Lipinski definition) is 2. The second-order valence-electron chi connectivity index (χ2n) is 10.6. The van der Waals surface area contributed by atoms with Gasteiger partial charge in [-0.05, 0) is 61.7 Å². The van der Waals surface area contributed by atoms with Gasteiger partial charge in [-0.15, -0.1) is 11.3 Å². The number of nitrogens with one attached hydrogen (secondary N) is 1. The molecule has 218 valence electrons. The fourth-order valence-electron chi connectivity index (χ4n) is 5.30. The predicted molar refractivity (Wildman–Crippen MR) is 162 cm³/mol. The third-order valence-corrected chi connectivity index (χ3v) is 8.67. The Labute approximate surface area is 248 Å². The Morgan fingerprint density at radius 1 is 1.21 bits per heavy atom. The van der Waals surface area contributed by atoms with Gasteiger partial charge in [0.1, 0.15) is 28.5 Å². The maximum absolute atomic E-state index is 13.0. The van der Waals surface area contributed by atoms with Crippen LogP contribution in [-0.4, -0.2) is 81.3 Å². The van der Waals surface area contributed by atoms with E-state index in [1.807, 2.05) is 55.2 Å². The fourth-order valence-corrected chi connectivity index (χ4v) is 6.50. The first kappa shape index (κ1) is 28.2. The molecule has 0 saturated carbocycles. The lowest BCUT2D eigenvalue weighted by molar-refractivity contribution is -0.126. The number of aliphatic hydroxyl groups excluding tert-OH is 1. The highest BCUT2D eigenvalue weighted by Crippen LogP contribution is 2.38. The van der Waals surface area contributed by atoms with Crippen LogP contribution in [0.15, 0.2) is 55.0 Å². The summed E-state index contributed by atoms with van der Waals surface area (Å²) < 4.78 is 11.5. The SMILES string of the molecule is Cc1ccc(Oc2ccc(Nc3ncnc4sc5c(c34)CCN(C(=O)/C=C/CN3CCO[C@H](CO)C3)C5)cc2C)cn1. The number of rotatable bonds is 8. The van der Waals surface area contributed by atoms with E-state index in [1.54, 1.807) is 29.9 Å². The number of aryl methyl sites for hydroxylation is 2. The monoisotopic (exact) mass is 586 g/mol. The van der Waals surface area contributed by atoms with Gasteiger partial charge in [0.2, 0.25) is 5.91 Å². The van der Waals surface area contributed by atoms with Crippen LogP contribution in [0.3, 0.4) is 0 Å². The van der Waals surface area contributed by atoms with E-state index in [2.05, 4.69) is 25.2 Å². The zero-order chi connectivity index (χ0) is 29.1. The van der Waals surface area contributed by atoms with Crippen molar-refractivity contribution >= 4 is 39.0 Å². The van der Waals surface area contributed by atoms with Gasteiger partial charge in [0.05, 0.1) is 37.4 Å². The van der Waals surface area contributed by atoms with Crippen LogP contribution < -0.4 is 10.1 Å². The summed E-state index contributed by atoms with van der Waals surface area (Å²) in [5.74, 6) is 2.24. The average Bonchev–Trinajstić information content (AvgIpc) is 3.38. The van der Waals surface area contributed by atoms with Gasteiger partial charge in [0, 0.05) is 48.5 Å². The largest absolute Gasteiger partial charge is 0.455 e. The van der Waals surface area contributed by atoms with Crippen LogP contribution in [0.4, 0.5) is 11.5 Å². The third-order valence-electron chi connectivity index (χ3n) is 7.55. The Morgan fingerprint density at radius 2 is 2.12 bits per heavy atom. The van der Waals surface area contributed by atoms with Crippen LogP contribution in [0, 0.1) is 13.8 Å². The second-order valence-corrected chi connectivity index (χ2v) is 11.7.